The number of nitrogens with one attached hydrogen (secondary N) is 1. The van der Waals surface area contributed by atoms with Crippen LogP contribution in [-0.2, 0) is 6.54 Å². The third-order valence-corrected chi connectivity index (χ3v) is 6.13. The van der Waals surface area contributed by atoms with Crippen molar-refractivity contribution in [2.24, 2.45) is 0 Å². The molecule has 2 atom stereocenters. The summed E-state index contributed by atoms with van der Waals surface area (Å²) in [6, 6.07) is 9.13. The maximum Gasteiger partial charge on any atom is 0.231 e. The van der Waals surface area contributed by atoms with Gasteiger partial charge in [-0.05, 0) is 62.6 Å². The van der Waals surface area contributed by atoms with Gasteiger partial charge in [0, 0.05) is 5.56 Å². The van der Waals surface area contributed by atoms with Crippen molar-refractivity contribution in [2.75, 3.05) is 20.8 Å². The van der Waals surface area contributed by atoms with Gasteiger partial charge < -0.3 is 24.2 Å². The van der Waals surface area contributed by atoms with Crippen molar-refractivity contribution in [1.82, 2.24) is 0 Å². The van der Waals surface area contributed by atoms with E-state index in [1.165, 1.54) is 24.2 Å². The molecule has 6 nitrogen and oxygen atoms in total. The Bertz CT molecular complexity index is 997. The molecule has 0 bridgehead atoms. The molecule has 1 unspecified atom stereocenters. The van der Waals surface area contributed by atoms with E-state index < -0.39 is 0 Å². The average molecular weight is 410 g/mol. The van der Waals surface area contributed by atoms with E-state index in [2.05, 4.69) is 6.92 Å². The molecule has 2 aromatic rings. The second-order valence-electron chi connectivity index (χ2n) is 7.97. The van der Waals surface area contributed by atoms with Crippen molar-refractivity contribution in [3.05, 3.63) is 52.8 Å². The molecule has 2 aromatic carbocycles. The number of fused-ring (bicyclic) bond motifs is 1. The van der Waals surface area contributed by atoms with E-state index in [0.717, 1.165) is 6.54 Å². The fourth-order valence-corrected chi connectivity index (χ4v) is 4.30. The SMILES string of the molecule is COc1ccc(OC)c(/C=C2\Oc3c(ccc(O)c3C[NH+]3CCCC[C@H]3C)C2=O)c1. The van der Waals surface area contributed by atoms with E-state index >= 15 is 0 Å². The van der Waals surface area contributed by atoms with Gasteiger partial charge in [0.25, 0.3) is 0 Å². The van der Waals surface area contributed by atoms with Crippen LogP contribution >= 0.6 is 0 Å². The highest BCUT2D eigenvalue weighted by Crippen LogP contribution is 2.40. The summed E-state index contributed by atoms with van der Waals surface area (Å²) in [6.45, 7) is 3.93. The molecule has 0 amide bonds. The lowest BCUT2D eigenvalue weighted by Crippen LogP contribution is -3.14. The molecule has 30 heavy (non-hydrogen) atoms. The maximum atomic E-state index is 13.0. The normalized spacial score (nSPS) is 22.0. The van der Waals surface area contributed by atoms with E-state index in [-0.39, 0.29) is 17.3 Å². The molecule has 158 valence electrons. The van der Waals surface area contributed by atoms with Crippen LogP contribution in [0.5, 0.6) is 23.0 Å². The van der Waals surface area contributed by atoms with E-state index in [9.17, 15) is 9.90 Å². The van der Waals surface area contributed by atoms with Gasteiger partial charge in [0.15, 0.2) is 11.5 Å². The zero-order valence-electron chi connectivity index (χ0n) is 17.7. The van der Waals surface area contributed by atoms with Gasteiger partial charge in [-0.25, -0.2) is 0 Å². The Hall–Kier alpha value is -2.99. The molecular formula is C24H28NO5+. The molecule has 0 radical (unpaired) electrons. The Morgan fingerprint density at radius 3 is 2.77 bits per heavy atom. The molecule has 2 N–H and O–H groups in total. The summed E-state index contributed by atoms with van der Waals surface area (Å²) < 4.78 is 16.7. The van der Waals surface area contributed by atoms with Crippen LogP contribution in [0.1, 0.15) is 47.7 Å². The highest BCUT2D eigenvalue weighted by Gasteiger charge is 2.34. The molecule has 6 heteroatoms. The fourth-order valence-electron chi connectivity index (χ4n) is 4.30. The number of rotatable bonds is 5. The number of carbonyl (C=O) groups is 1. The molecule has 0 spiro atoms. The number of likely N-dealkylation sites (tertiary alicyclic amines) is 1. The monoisotopic (exact) mass is 410 g/mol. The Kier molecular flexibility index (Phi) is 5.68. The van der Waals surface area contributed by atoms with Crippen LogP contribution in [0.2, 0.25) is 0 Å². The lowest BCUT2D eigenvalue weighted by Gasteiger charge is -2.30. The minimum Gasteiger partial charge on any atom is -0.507 e. The van der Waals surface area contributed by atoms with Gasteiger partial charge in [0.2, 0.25) is 5.78 Å². The largest absolute Gasteiger partial charge is 0.507 e. The van der Waals surface area contributed by atoms with Crippen molar-refractivity contribution in [2.45, 2.75) is 38.8 Å². The minimum absolute atomic E-state index is 0.173. The van der Waals surface area contributed by atoms with Crippen LogP contribution in [0.3, 0.4) is 0 Å². The summed E-state index contributed by atoms with van der Waals surface area (Å²) in [7, 11) is 3.17. The van der Waals surface area contributed by atoms with Crippen LogP contribution in [0.25, 0.3) is 6.08 Å². The summed E-state index contributed by atoms with van der Waals surface area (Å²) in [5.74, 6) is 1.94. The first kappa shape index (κ1) is 20.3. The fraction of sp³-hybridized carbons (Fsp3) is 0.375. The van der Waals surface area contributed by atoms with Gasteiger partial charge >= 0.3 is 0 Å². The number of ketones is 1. The van der Waals surface area contributed by atoms with Gasteiger partial charge in [-0.15, -0.1) is 0 Å². The van der Waals surface area contributed by atoms with E-state index in [1.54, 1.807) is 50.6 Å². The quantitative estimate of drug-likeness (QED) is 0.742. The molecule has 1 fully saturated rings. The smallest absolute Gasteiger partial charge is 0.231 e. The molecule has 1 saturated heterocycles. The molecule has 0 saturated carbocycles. The number of aromatic hydroxyl groups is 1. The first-order valence-electron chi connectivity index (χ1n) is 10.4. The molecule has 2 aliphatic heterocycles. The lowest BCUT2D eigenvalue weighted by atomic mass is 10.0. The van der Waals surface area contributed by atoms with Crippen LogP contribution in [0, 0.1) is 0 Å². The topological polar surface area (TPSA) is 69.4 Å². The molecular weight excluding hydrogens is 382 g/mol. The molecule has 4 rings (SSSR count). The van der Waals surface area contributed by atoms with Crippen LogP contribution < -0.4 is 19.1 Å². The number of phenols is 1. The standard InChI is InChI=1S/C24H27NO5/c1-15-6-4-5-11-25(15)14-19-20(26)9-8-18-23(27)22(30-24(18)19)13-16-12-17(28-2)7-10-21(16)29-3/h7-10,12-13,15,26H,4-6,11,14H2,1-3H3/p+1/b22-13-/t15-/m1/s1. The summed E-state index contributed by atoms with van der Waals surface area (Å²) in [5, 5.41) is 10.5. The number of allylic oxidation sites excluding steroid dienone is 1. The Balaban J connectivity index is 1.69. The number of carbonyl (C=O) groups excluding carboxylic acids is 1. The van der Waals surface area contributed by atoms with Crippen molar-refractivity contribution >= 4 is 11.9 Å². The average Bonchev–Trinajstić information content (AvgIpc) is 3.07. The zero-order valence-corrected chi connectivity index (χ0v) is 17.7. The molecule has 2 aliphatic rings. The summed E-state index contributed by atoms with van der Waals surface area (Å²) in [6.07, 6.45) is 5.26. The number of ether oxygens (including phenoxy) is 3. The van der Waals surface area contributed by atoms with Gasteiger partial charge in [-0.1, -0.05) is 0 Å². The Morgan fingerprint density at radius 2 is 2.03 bits per heavy atom. The minimum atomic E-state index is -0.196. The third-order valence-electron chi connectivity index (χ3n) is 6.13. The summed E-state index contributed by atoms with van der Waals surface area (Å²) in [5.41, 5.74) is 1.87. The number of hydrogen-bond donors (Lipinski definition) is 2. The second-order valence-corrected chi connectivity index (χ2v) is 7.97. The van der Waals surface area contributed by atoms with Gasteiger partial charge in [0.1, 0.15) is 23.8 Å². The number of piperidine rings is 1. The van der Waals surface area contributed by atoms with Crippen molar-refractivity contribution in [3.63, 3.8) is 0 Å². The van der Waals surface area contributed by atoms with Crippen molar-refractivity contribution in [3.8, 4) is 23.0 Å². The van der Waals surface area contributed by atoms with Crippen molar-refractivity contribution in [1.29, 1.82) is 0 Å². The van der Waals surface area contributed by atoms with E-state index in [0.29, 0.717) is 46.5 Å². The highest BCUT2D eigenvalue weighted by molar-refractivity contribution is 6.15. The maximum absolute atomic E-state index is 13.0. The van der Waals surface area contributed by atoms with Gasteiger partial charge in [0.05, 0.1) is 37.9 Å². The number of Topliss-reactive ketones (excluding diaryl/α,β-unsaturated/α-hetero) is 1. The van der Waals surface area contributed by atoms with Gasteiger partial charge in [-0.3, -0.25) is 4.79 Å². The second kappa shape index (κ2) is 8.40. The van der Waals surface area contributed by atoms with Crippen molar-refractivity contribution < 1.29 is 29.0 Å². The lowest BCUT2D eigenvalue weighted by molar-refractivity contribution is -0.941. The zero-order chi connectivity index (χ0) is 21.3. The predicted molar refractivity (Wildman–Crippen MR) is 113 cm³/mol. The van der Waals surface area contributed by atoms with Crippen LogP contribution in [0.4, 0.5) is 0 Å². The van der Waals surface area contributed by atoms with Crippen LogP contribution in [0.15, 0.2) is 36.1 Å². The summed E-state index contributed by atoms with van der Waals surface area (Å²) in [4.78, 5) is 14.4. The first-order valence-corrected chi connectivity index (χ1v) is 10.4. The van der Waals surface area contributed by atoms with E-state index in [4.69, 9.17) is 14.2 Å². The number of methoxy groups -OCH3 is 2. The number of quaternary nitrogens is 1. The predicted octanol–water partition coefficient (Wildman–Crippen LogP) is 2.98. The number of phenolic OH excluding ortho intramolecular Hbond substituents is 1. The molecule has 0 aliphatic carbocycles. The third kappa shape index (κ3) is 3.75. The number of hydrogen-bond acceptors (Lipinski definition) is 5. The van der Waals surface area contributed by atoms with Crippen LogP contribution in [-0.4, -0.2) is 37.7 Å². The molecule has 2 heterocycles. The molecule has 0 aromatic heterocycles. The van der Waals surface area contributed by atoms with E-state index in [1.807, 2.05) is 0 Å². The van der Waals surface area contributed by atoms with Gasteiger partial charge in [-0.2, -0.15) is 0 Å². The first-order chi connectivity index (χ1) is 14.5. The number of benzene rings is 2. The highest BCUT2D eigenvalue weighted by atomic mass is 16.5. The summed E-state index contributed by atoms with van der Waals surface area (Å²) >= 11 is 0. The Labute approximate surface area is 176 Å². The Morgan fingerprint density at radius 1 is 1.20 bits per heavy atom.